The second kappa shape index (κ2) is 8.45. The molecule has 5 rings (SSSR count). The molecule has 0 amide bonds. The summed E-state index contributed by atoms with van der Waals surface area (Å²) in [6, 6.07) is 13.3. The van der Waals surface area contributed by atoms with Crippen LogP contribution in [0.2, 0.25) is 0 Å². The van der Waals surface area contributed by atoms with Crippen LogP contribution in [0.4, 0.5) is 5.69 Å². The number of nitrogens with zero attached hydrogens (tertiary/aromatic N) is 4. The molecule has 34 heavy (non-hydrogen) atoms. The molecule has 2 aromatic carbocycles. The number of aryl methyl sites for hydroxylation is 2. The van der Waals surface area contributed by atoms with E-state index in [0.717, 1.165) is 22.7 Å². The van der Waals surface area contributed by atoms with Crippen molar-refractivity contribution >= 4 is 15.7 Å². The maximum absolute atomic E-state index is 12.8. The number of benzene rings is 2. The van der Waals surface area contributed by atoms with Crippen molar-refractivity contribution in [2.45, 2.75) is 32.1 Å². The molecule has 1 N–H and O–H groups in total. The van der Waals surface area contributed by atoms with Gasteiger partial charge in [0.15, 0.2) is 0 Å². The van der Waals surface area contributed by atoms with Crippen LogP contribution in [0.3, 0.4) is 0 Å². The highest BCUT2D eigenvalue weighted by Gasteiger charge is 2.19. The smallest absolute Gasteiger partial charge is 0.261 e. The first-order valence-electron chi connectivity index (χ1n) is 10.7. The monoisotopic (exact) mass is 477 g/mol. The molecular formula is C24H23N5O4S. The Bertz CT molecular complexity index is 1480. The molecule has 2 aromatic heterocycles. The molecule has 0 fully saturated rings. The van der Waals surface area contributed by atoms with E-state index in [0.29, 0.717) is 42.0 Å². The van der Waals surface area contributed by atoms with E-state index in [4.69, 9.17) is 9.47 Å². The number of aromatic nitrogens is 4. The molecular weight excluding hydrogens is 454 g/mol. The number of anilines is 1. The number of fused-ring (bicyclic) bond motifs is 1. The van der Waals surface area contributed by atoms with Crippen molar-refractivity contribution in [3.05, 3.63) is 77.6 Å². The van der Waals surface area contributed by atoms with E-state index < -0.39 is 10.0 Å². The molecule has 0 saturated heterocycles. The third kappa shape index (κ3) is 4.32. The minimum atomic E-state index is -3.73. The molecule has 3 heterocycles. The molecule has 1 aliphatic rings. The normalized spacial score (nSPS) is 12.8. The van der Waals surface area contributed by atoms with Gasteiger partial charge >= 0.3 is 0 Å². The molecule has 4 aromatic rings. The topological polar surface area (TPSA) is 108 Å². The highest BCUT2D eigenvalue weighted by molar-refractivity contribution is 7.92. The fraction of sp³-hybridized carbons (Fsp3) is 0.208. The van der Waals surface area contributed by atoms with E-state index in [2.05, 4.69) is 19.7 Å². The summed E-state index contributed by atoms with van der Waals surface area (Å²) in [6.07, 6.45) is 2.42. The third-order valence-corrected chi connectivity index (χ3v) is 6.98. The van der Waals surface area contributed by atoms with Gasteiger partial charge in [0, 0.05) is 23.9 Å². The number of hydrogen-bond donors (Lipinski definition) is 1. The zero-order chi connectivity index (χ0) is 23.9. The van der Waals surface area contributed by atoms with E-state index >= 15 is 0 Å². The second-order valence-corrected chi connectivity index (χ2v) is 9.68. The van der Waals surface area contributed by atoms with Crippen LogP contribution in [0.15, 0.2) is 59.8 Å². The highest BCUT2D eigenvalue weighted by atomic mass is 32.2. The maximum Gasteiger partial charge on any atom is 0.261 e. The average Bonchev–Trinajstić information content (AvgIpc) is 3.40. The van der Waals surface area contributed by atoms with Crippen LogP contribution in [0.25, 0.3) is 5.82 Å². The van der Waals surface area contributed by atoms with Crippen molar-refractivity contribution in [1.29, 1.82) is 0 Å². The highest BCUT2D eigenvalue weighted by Crippen LogP contribution is 2.29. The Kier molecular flexibility index (Phi) is 5.45. The summed E-state index contributed by atoms with van der Waals surface area (Å²) in [5, 5.41) is 0. The predicted octanol–water partition coefficient (Wildman–Crippen LogP) is 4.12. The Morgan fingerprint density at radius 2 is 1.82 bits per heavy atom. The van der Waals surface area contributed by atoms with Gasteiger partial charge in [-0.25, -0.2) is 18.4 Å². The predicted molar refractivity (Wildman–Crippen MR) is 126 cm³/mol. The van der Waals surface area contributed by atoms with Gasteiger partial charge in [-0.1, -0.05) is 0 Å². The van der Waals surface area contributed by atoms with Crippen molar-refractivity contribution < 1.29 is 17.9 Å². The fourth-order valence-electron chi connectivity index (χ4n) is 3.69. The summed E-state index contributed by atoms with van der Waals surface area (Å²) in [4.78, 5) is 13.3. The summed E-state index contributed by atoms with van der Waals surface area (Å²) in [6.45, 7) is 6.27. The quantitative estimate of drug-likeness (QED) is 0.445. The lowest BCUT2D eigenvalue weighted by atomic mass is 10.2. The van der Waals surface area contributed by atoms with Crippen molar-refractivity contribution in [1.82, 2.24) is 19.5 Å². The lowest BCUT2D eigenvalue weighted by Crippen LogP contribution is -2.13. The first-order valence-corrected chi connectivity index (χ1v) is 12.2. The zero-order valence-corrected chi connectivity index (χ0v) is 19.8. The number of imidazole rings is 1. The summed E-state index contributed by atoms with van der Waals surface area (Å²) in [7, 11) is -3.73. The van der Waals surface area contributed by atoms with Crippen molar-refractivity contribution in [3.8, 4) is 23.2 Å². The van der Waals surface area contributed by atoms with Gasteiger partial charge in [-0.05, 0) is 68.8 Å². The average molecular weight is 478 g/mol. The van der Waals surface area contributed by atoms with Crippen molar-refractivity contribution in [2.75, 3.05) is 11.3 Å². The van der Waals surface area contributed by atoms with Gasteiger partial charge in [-0.2, -0.15) is 4.98 Å². The van der Waals surface area contributed by atoms with E-state index in [1.165, 1.54) is 0 Å². The van der Waals surface area contributed by atoms with Gasteiger partial charge in [-0.15, -0.1) is 0 Å². The molecule has 1 aliphatic heterocycles. The summed E-state index contributed by atoms with van der Waals surface area (Å²) in [5.41, 5.74) is 3.22. The first kappa shape index (κ1) is 21.9. The molecule has 10 heteroatoms. The Balaban J connectivity index is 1.32. The van der Waals surface area contributed by atoms with E-state index in [1.54, 1.807) is 61.8 Å². The zero-order valence-electron chi connectivity index (χ0n) is 18.9. The third-order valence-electron chi connectivity index (χ3n) is 5.60. The van der Waals surface area contributed by atoms with Gasteiger partial charge in [0.05, 0.1) is 17.2 Å². The Labute approximate surface area is 197 Å². The minimum absolute atomic E-state index is 0.200. The molecule has 0 spiro atoms. The number of ether oxygens (including phenoxy) is 2. The number of rotatable bonds is 6. The second-order valence-electron chi connectivity index (χ2n) is 8.00. The maximum atomic E-state index is 12.8. The Hall–Kier alpha value is -3.92. The Morgan fingerprint density at radius 3 is 2.56 bits per heavy atom. The molecule has 0 unspecified atom stereocenters. The molecule has 0 aliphatic carbocycles. The van der Waals surface area contributed by atoms with Gasteiger partial charge in [0.25, 0.3) is 10.0 Å². The van der Waals surface area contributed by atoms with Crippen molar-refractivity contribution in [3.63, 3.8) is 0 Å². The molecule has 174 valence electrons. The van der Waals surface area contributed by atoms with Gasteiger partial charge < -0.3 is 9.47 Å². The van der Waals surface area contributed by atoms with E-state index in [1.807, 2.05) is 18.4 Å². The lowest BCUT2D eigenvalue weighted by molar-refractivity contribution is 0.356. The summed E-state index contributed by atoms with van der Waals surface area (Å²) < 4.78 is 41.5. The van der Waals surface area contributed by atoms with E-state index in [9.17, 15) is 8.42 Å². The largest absolute Gasteiger partial charge is 0.493 e. The van der Waals surface area contributed by atoms with Crippen LogP contribution in [0, 0.1) is 20.8 Å². The van der Waals surface area contributed by atoms with Gasteiger partial charge in [0.1, 0.15) is 29.5 Å². The van der Waals surface area contributed by atoms with Gasteiger partial charge in [0.2, 0.25) is 5.88 Å². The summed E-state index contributed by atoms with van der Waals surface area (Å²) in [5.74, 6) is 2.84. The molecule has 0 radical (unpaired) electrons. The number of sulfonamides is 1. The number of nitrogens with one attached hydrogen (secondary N) is 1. The molecule has 0 atom stereocenters. The molecule has 0 bridgehead atoms. The Morgan fingerprint density at radius 1 is 1.03 bits per heavy atom. The van der Waals surface area contributed by atoms with Crippen LogP contribution in [0.1, 0.15) is 22.8 Å². The fourth-order valence-corrected chi connectivity index (χ4v) is 4.80. The SMILES string of the molecule is Cc1nc(Oc2ccc(NS(=O)(=O)c3ccc4c(c3)CCO4)cc2)cc(-n2cnc(C)c2C)n1. The number of hydrogen-bond acceptors (Lipinski definition) is 7. The minimum Gasteiger partial charge on any atom is -0.493 e. The summed E-state index contributed by atoms with van der Waals surface area (Å²) >= 11 is 0. The van der Waals surface area contributed by atoms with Crippen LogP contribution >= 0.6 is 0 Å². The standard InChI is InChI=1S/C24H23N5O4S/c1-15-16(2)29(14-25-15)23-13-24(27-17(3)26-23)33-20-6-4-19(5-7-20)28-34(30,31)21-8-9-22-18(12-21)10-11-32-22/h4-9,12-14,28H,10-11H2,1-3H3. The molecule has 9 nitrogen and oxygen atoms in total. The lowest BCUT2D eigenvalue weighted by Gasteiger charge is -2.11. The van der Waals surface area contributed by atoms with E-state index in [-0.39, 0.29) is 4.90 Å². The van der Waals surface area contributed by atoms with Gasteiger partial charge in [-0.3, -0.25) is 9.29 Å². The van der Waals surface area contributed by atoms with Crippen molar-refractivity contribution in [2.24, 2.45) is 0 Å². The van der Waals surface area contributed by atoms with Crippen LogP contribution in [-0.2, 0) is 16.4 Å². The molecule has 0 saturated carbocycles. The first-order chi connectivity index (χ1) is 16.3. The van der Waals surface area contributed by atoms with Crippen LogP contribution in [0.5, 0.6) is 17.4 Å². The van der Waals surface area contributed by atoms with Crippen LogP contribution < -0.4 is 14.2 Å². The van der Waals surface area contributed by atoms with Crippen LogP contribution in [-0.4, -0.2) is 34.5 Å².